The SMILES string of the molecule is CN(Cc1ccco1)c1cc(N)ncn1. The highest BCUT2D eigenvalue weighted by molar-refractivity contribution is 5.45. The summed E-state index contributed by atoms with van der Waals surface area (Å²) < 4.78 is 5.24. The van der Waals surface area contributed by atoms with Crippen molar-refractivity contribution in [3.63, 3.8) is 0 Å². The Labute approximate surface area is 87.6 Å². The zero-order valence-corrected chi connectivity index (χ0v) is 8.42. The van der Waals surface area contributed by atoms with E-state index in [1.165, 1.54) is 6.33 Å². The smallest absolute Gasteiger partial charge is 0.134 e. The van der Waals surface area contributed by atoms with Crippen molar-refractivity contribution in [1.29, 1.82) is 0 Å². The Morgan fingerprint density at radius 3 is 3.00 bits per heavy atom. The monoisotopic (exact) mass is 204 g/mol. The van der Waals surface area contributed by atoms with Crippen LogP contribution >= 0.6 is 0 Å². The molecular formula is C10H12N4O. The van der Waals surface area contributed by atoms with Gasteiger partial charge in [-0.1, -0.05) is 0 Å². The second-order valence-corrected chi connectivity index (χ2v) is 3.24. The molecule has 0 radical (unpaired) electrons. The third-order valence-corrected chi connectivity index (χ3v) is 2.04. The Hall–Kier alpha value is -2.04. The van der Waals surface area contributed by atoms with Crippen LogP contribution in [0.5, 0.6) is 0 Å². The van der Waals surface area contributed by atoms with Crippen molar-refractivity contribution < 1.29 is 4.42 Å². The summed E-state index contributed by atoms with van der Waals surface area (Å²) in [6.45, 7) is 0.656. The Morgan fingerprint density at radius 2 is 2.33 bits per heavy atom. The lowest BCUT2D eigenvalue weighted by molar-refractivity contribution is 0.507. The van der Waals surface area contributed by atoms with Gasteiger partial charge in [-0.05, 0) is 12.1 Å². The number of furan rings is 1. The van der Waals surface area contributed by atoms with Crippen molar-refractivity contribution in [2.75, 3.05) is 17.7 Å². The Morgan fingerprint density at radius 1 is 1.47 bits per heavy atom. The molecule has 0 amide bonds. The molecule has 0 aromatic carbocycles. The second kappa shape index (κ2) is 4.00. The summed E-state index contributed by atoms with van der Waals surface area (Å²) in [5.41, 5.74) is 5.57. The summed E-state index contributed by atoms with van der Waals surface area (Å²) in [5, 5.41) is 0. The number of hydrogen-bond acceptors (Lipinski definition) is 5. The lowest BCUT2D eigenvalue weighted by Gasteiger charge is -2.16. The maximum Gasteiger partial charge on any atom is 0.134 e. The third kappa shape index (κ3) is 2.25. The van der Waals surface area contributed by atoms with Crippen LogP contribution in [0.15, 0.2) is 35.2 Å². The molecular weight excluding hydrogens is 192 g/mol. The highest BCUT2D eigenvalue weighted by Crippen LogP contribution is 2.13. The first-order chi connectivity index (χ1) is 7.25. The van der Waals surface area contributed by atoms with Gasteiger partial charge in [0.2, 0.25) is 0 Å². The van der Waals surface area contributed by atoms with Crippen LogP contribution in [0.1, 0.15) is 5.76 Å². The molecule has 15 heavy (non-hydrogen) atoms. The first kappa shape index (κ1) is 9.51. The van der Waals surface area contributed by atoms with E-state index < -0.39 is 0 Å². The van der Waals surface area contributed by atoms with Crippen molar-refractivity contribution in [3.05, 3.63) is 36.5 Å². The van der Waals surface area contributed by atoms with Crippen molar-refractivity contribution in [1.82, 2.24) is 9.97 Å². The number of hydrogen-bond donors (Lipinski definition) is 1. The maximum absolute atomic E-state index is 5.57. The number of nitrogens with zero attached hydrogens (tertiary/aromatic N) is 3. The number of rotatable bonds is 3. The van der Waals surface area contributed by atoms with Gasteiger partial charge in [0, 0.05) is 13.1 Å². The van der Waals surface area contributed by atoms with Crippen LogP contribution in [0.4, 0.5) is 11.6 Å². The van der Waals surface area contributed by atoms with E-state index in [2.05, 4.69) is 9.97 Å². The maximum atomic E-state index is 5.57. The van der Waals surface area contributed by atoms with E-state index in [-0.39, 0.29) is 0 Å². The summed E-state index contributed by atoms with van der Waals surface area (Å²) >= 11 is 0. The molecule has 0 aliphatic carbocycles. The quantitative estimate of drug-likeness (QED) is 0.815. The molecule has 0 saturated heterocycles. The van der Waals surface area contributed by atoms with Crippen LogP contribution in [-0.2, 0) is 6.54 Å². The van der Waals surface area contributed by atoms with Crippen LogP contribution in [-0.4, -0.2) is 17.0 Å². The largest absolute Gasteiger partial charge is 0.467 e. The number of anilines is 2. The van der Waals surface area contributed by atoms with Gasteiger partial charge >= 0.3 is 0 Å². The Kier molecular flexibility index (Phi) is 2.53. The van der Waals surface area contributed by atoms with Gasteiger partial charge < -0.3 is 15.1 Å². The number of nitrogens with two attached hydrogens (primary N) is 1. The molecule has 2 N–H and O–H groups in total. The highest BCUT2D eigenvalue weighted by atomic mass is 16.3. The minimum Gasteiger partial charge on any atom is -0.467 e. The Bertz CT molecular complexity index is 427. The first-order valence-corrected chi connectivity index (χ1v) is 4.57. The minimum atomic E-state index is 0.464. The first-order valence-electron chi connectivity index (χ1n) is 4.57. The van der Waals surface area contributed by atoms with Crippen LogP contribution < -0.4 is 10.6 Å². The fourth-order valence-corrected chi connectivity index (χ4v) is 1.29. The topological polar surface area (TPSA) is 68.2 Å². The van der Waals surface area contributed by atoms with E-state index in [0.29, 0.717) is 12.4 Å². The molecule has 2 aromatic rings. The molecule has 0 fully saturated rings. The molecule has 2 heterocycles. The summed E-state index contributed by atoms with van der Waals surface area (Å²) in [6, 6.07) is 5.50. The van der Waals surface area contributed by atoms with E-state index in [1.54, 1.807) is 12.3 Å². The zero-order chi connectivity index (χ0) is 10.7. The average Bonchev–Trinajstić information content (AvgIpc) is 2.70. The molecule has 0 saturated carbocycles. The van der Waals surface area contributed by atoms with Gasteiger partial charge in [-0.25, -0.2) is 9.97 Å². The molecule has 0 unspecified atom stereocenters. The van der Waals surface area contributed by atoms with Crippen LogP contribution in [0, 0.1) is 0 Å². The summed E-state index contributed by atoms with van der Waals surface area (Å²) in [4.78, 5) is 9.89. The molecule has 0 atom stereocenters. The van der Waals surface area contributed by atoms with E-state index in [4.69, 9.17) is 10.2 Å². The fraction of sp³-hybridized carbons (Fsp3) is 0.200. The summed E-state index contributed by atoms with van der Waals surface area (Å²) in [6.07, 6.45) is 3.10. The lowest BCUT2D eigenvalue weighted by atomic mass is 10.4. The van der Waals surface area contributed by atoms with Gasteiger partial charge in [0.15, 0.2) is 0 Å². The molecule has 0 aliphatic rings. The molecule has 5 nitrogen and oxygen atoms in total. The van der Waals surface area contributed by atoms with Crippen LogP contribution in [0.2, 0.25) is 0 Å². The Balaban J connectivity index is 2.11. The summed E-state index contributed by atoms with van der Waals surface area (Å²) in [5.74, 6) is 2.12. The van der Waals surface area contributed by atoms with Gasteiger partial charge in [0.1, 0.15) is 23.7 Å². The molecule has 78 valence electrons. The summed E-state index contributed by atoms with van der Waals surface area (Å²) in [7, 11) is 1.92. The van der Waals surface area contributed by atoms with E-state index in [0.717, 1.165) is 11.6 Å². The van der Waals surface area contributed by atoms with Crippen molar-refractivity contribution in [2.45, 2.75) is 6.54 Å². The standard InChI is InChI=1S/C10H12N4O/c1-14(6-8-3-2-4-15-8)10-5-9(11)12-7-13-10/h2-5,7H,6H2,1H3,(H2,11,12,13). The second-order valence-electron chi connectivity index (χ2n) is 3.24. The van der Waals surface area contributed by atoms with Gasteiger partial charge in [0.05, 0.1) is 12.8 Å². The highest BCUT2D eigenvalue weighted by Gasteiger charge is 2.05. The van der Waals surface area contributed by atoms with Crippen molar-refractivity contribution in [2.24, 2.45) is 0 Å². The fourth-order valence-electron chi connectivity index (χ4n) is 1.29. The van der Waals surface area contributed by atoms with Gasteiger partial charge in [-0.15, -0.1) is 0 Å². The molecule has 5 heteroatoms. The molecule has 0 bridgehead atoms. The predicted octanol–water partition coefficient (Wildman–Crippen LogP) is 1.29. The molecule has 0 aliphatic heterocycles. The van der Waals surface area contributed by atoms with Gasteiger partial charge in [-0.3, -0.25) is 0 Å². The third-order valence-electron chi connectivity index (χ3n) is 2.04. The van der Waals surface area contributed by atoms with E-state index >= 15 is 0 Å². The normalized spacial score (nSPS) is 10.2. The lowest BCUT2D eigenvalue weighted by Crippen LogP contribution is -2.17. The van der Waals surface area contributed by atoms with Crippen LogP contribution in [0.25, 0.3) is 0 Å². The zero-order valence-electron chi connectivity index (χ0n) is 8.42. The van der Waals surface area contributed by atoms with Crippen molar-refractivity contribution >= 4 is 11.6 Å². The van der Waals surface area contributed by atoms with E-state index in [1.807, 2.05) is 24.1 Å². The van der Waals surface area contributed by atoms with Gasteiger partial charge in [-0.2, -0.15) is 0 Å². The molecule has 2 rings (SSSR count). The average molecular weight is 204 g/mol. The van der Waals surface area contributed by atoms with Gasteiger partial charge in [0.25, 0.3) is 0 Å². The van der Waals surface area contributed by atoms with Crippen molar-refractivity contribution in [3.8, 4) is 0 Å². The molecule has 0 spiro atoms. The van der Waals surface area contributed by atoms with Crippen LogP contribution in [0.3, 0.4) is 0 Å². The number of aromatic nitrogens is 2. The van der Waals surface area contributed by atoms with E-state index in [9.17, 15) is 0 Å². The minimum absolute atomic E-state index is 0.464. The molecule has 2 aromatic heterocycles. The predicted molar refractivity (Wildman–Crippen MR) is 57.3 cm³/mol. The number of nitrogen functional groups attached to an aromatic ring is 1.